The SMILES string of the molecule is O=C(O)Cc1cnc(SCC2CC2)nc1. The maximum atomic E-state index is 10.4. The molecule has 1 fully saturated rings. The Morgan fingerprint density at radius 3 is 2.67 bits per heavy atom. The number of hydrogen-bond donors (Lipinski definition) is 1. The smallest absolute Gasteiger partial charge is 0.307 e. The molecule has 0 atom stereocenters. The fourth-order valence-corrected chi connectivity index (χ4v) is 2.13. The van der Waals surface area contributed by atoms with Crippen LogP contribution in [0.5, 0.6) is 0 Å². The van der Waals surface area contributed by atoms with Crippen molar-refractivity contribution in [2.24, 2.45) is 5.92 Å². The number of hydrogen-bond acceptors (Lipinski definition) is 4. The van der Waals surface area contributed by atoms with E-state index in [0.29, 0.717) is 5.56 Å². The second-order valence-corrected chi connectivity index (χ2v) is 4.69. The van der Waals surface area contributed by atoms with Gasteiger partial charge in [0.15, 0.2) is 5.16 Å². The Bertz CT molecular complexity index is 349. The van der Waals surface area contributed by atoms with Crippen LogP contribution in [0.4, 0.5) is 0 Å². The van der Waals surface area contributed by atoms with Crippen molar-refractivity contribution in [2.75, 3.05) is 5.75 Å². The molecule has 2 rings (SSSR count). The maximum Gasteiger partial charge on any atom is 0.307 e. The largest absolute Gasteiger partial charge is 0.481 e. The molecule has 1 aliphatic rings. The van der Waals surface area contributed by atoms with Crippen LogP contribution in [0.15, 0.2) is 17.6 Å². The second kappa shape index (κ2) is 4.61. The van der Waals surface area contributed by atoms with Crippen molar-refractivity contribution in [1.29, 1.82) is 0 Å². The van der Waals surface area contributed by atoms with Gasteiger partial charge in [-0.25, -0.2) is 9.97 Å². The molecule has 80 valence electrons. The topological polar surface area (TPSA) is 63.1 Å². The van der Waals surface area contributed by atoms with E-state index in [2.05, 4.69) is 9.97 Å². The molecule has 0 spiro atoms. The van der Waals surface area contributed by atoms with Gasteiger partial charge in [-0.15, -0.1) is 0 Å². The average Bonchev–Trinajstić information content (AvgIpc) is 2.99. The number of rotatable bonds is 5. The third-order valence-electron chi connectivity index (χ3n) is 2.18. The van der Waals surface area contributed by atoms with E-state index < -0.39 is 5.97 Å². The number of carboxylic acid groups (broad SMARTS) is 1. The molecule has 0 radical (unpaired) electrons. The summed E-state index contributed by atoms with van der Waals surface area (Å²) in [6, 6.07) is 0. The minimum absolute atomic E-state index is 0.00638. The molecule has 0 saturated heterocycles. The van der Waals surface area contributed by atoms with Crippen molar-refractivity contribution in [1.82, 2.24) is 9.97 Å². The quantitative estimate of drug-likeness (QED) is 0.608. The molecule has 0 aromatic carbocycles. The maximum absolute atomic E-state index is 10.4. The molecule has 4 nitrogen and oxygen atoms in total. The third-order valence-corrected chi connectivity index (χ3v) is 3.29. The first-order valence-corrected chi connectivity index (χ1v) is 5.88. The van der Waals surface area contributed by atoms with Gasteiger partial charge in [0, 0.05) is 18.1 Å². The van der Waals surface area contributed by atoms with Gasteiger partial charge in [-0.3, -0.25) is 4.79 Å². The van der Waals surface area contributed by atoms with Gasteiger partial charge in [-0.2, -0.15) is 0 Å². The van der Waals surface area contributed by atoms with Crippen LogP contribution in [0.3, 0.4) is 0 Å². The fourth-order valence-electron chi connectivity index (χ4n) is 1.16. The van der Waals surface area contributed by atoms with Crippen LogP contribution in [0.2, 0.25) is 0 Å². The number of aliphatic carboxylic acids is 1. The van der Waals surface area contributed by atoms with Gasteiger partial charge in [-0.1, -0.05) is 11.8 Å². The van der Waals surface area contributed by atoms with E-state index in [1.54, 1.807) is 24.2 Å². The van der Waals surface area contributed by atoms with E-state index >= 15 is 0 Å². The van der Waals surface area contributed by atoms with Crippen molar-refractivity contribution >= 4 is 17.7 Å². The van der Waals surface area contributed by atoms with Crippen LogP contribution >= 0.6 is 11.8 Å². The van der Waals surface area contributed by atoms with Crippen molar-refractivity contribution in [3.05, 3.63) is 18.0 Å². The van der Waals surface area contributed by atoms with E-state index in [0.717, 1.165) is 16.8 Å². The van der Waals surface area contributed by atoms with Gasteiger partial charge >= 0.3 is 5.97 Å². The summed E-state index contributed by atoms with van der Waals surface area (Å²) in [7, 11) is 0. The van der Waals surface area contributed by atoms with Gasteiger partial charge in [-0.05, 0) is 24.3 Å². The molecule has 0 aliphatic heterocycles. The minimum atomic E-state index is -0.850. The van der Waals surface area contributed by atoms with Gasteiger partial charge in [0.25, 0.3) is 0 Å². The number of carboxylic acids is 1. The standard InChI is InChI=1S/C10H12N2O2S/c13-9(14)3-8-4-11-10(12-5-8)15-6-7-1-2-7/h4-5,7H,1-3,6H2,(H,13,14). The summed E-state index contributed by atoms with van der Waals surface area (Å²) < 4.78 is 0. The number of thioether (sulfide) groups is 1. The summed E-state index contributed by atoms with van der Waals surface area (Å²) in [6.07, 6.45) is 5.83. The van der Waals surface area contributed by atoms with E-state index in [4.69, 9.17) is 5.11 Å². The first-order valence-electron chi connectivity index (χ1n) is 4.89. The minimum Gasteiger partial charge on any atom is -0.481 e. The Kier molecular flexibility index (Phi) is 3.20. The number of nitrogens with zero attached hydrogens (tertiary/aromatic N) is 2. The third kappa shape index (κ3) is 3.51. The molecule has 1 heterocycles. The lowest BCUT2D eigenvalue weighted by molar-refractivity contribution is -0.136. The van der Waals surface area contributed by atoms with Crippen molar-refractivity contribution in [3.63, 3.8) is 0 Å². The average molecular weight is 224 g/mol. The zero-order valence-electron chi connectivity index (χ0n) is 8.22. The van der Waals surface area contributed by atoms with Gasteiger partial charge in [0.1, 0.15) is 0 Å². The van der Waals surface area contributed by atoms with Gasteiger partial charge in [0.2, 0.25) is 0 Å². The van der Waals surface area contributed by atoms with Crippen molar-refractivity contribution in [2.45, 2.75) is 24.4 Å². The number of carbonyl (C=O) groups is 1. The van der Waals surface area contributed by atoms with Crippen LogP contribution in [-0.2, 0) is 11.2 Å². The summed E-state index contributed by atoms with van der Waals surface area (Å²) in [5.41, 5.74) is 0.651. The zero-order valence-corrected chi connectivity index (χ0v) is 9.04. The fraction of sp³-hybridized carbons (Fsp3) is 0.500. The summed E-state index contributed by atoms with van der Waals surface area (Å²) in [6.45, 7) is 0. The Balaban J connectivity index is 1.87. The lowest BCUT2D eigenvalue weighted by Crippen LogP contribution is -2.01. The van der Waals surface area contributed by atoms with Crippen LogP contribution in [0, 0.1) is 5.92 Å². The van der Waals surface area contributed by atoms with Gasteiger partial charge in [0.05, 0.1) is 6.42 Å². The van der Waals surface area contributed by atoms with E-state index in [9.17, 15) is 4.79 Å². The highest BCUT2D eigenvalue weighted by Crippen LogP contribution is 2.33. The molecule has 1 saturated carbocycles. The molecular formula is C10H12N2O2S. The van der Waals surface area contributed by atoms with Crippen LogP contribution in [0.25, 0.3) is 0 Å². The lowest BCUT2D eigenvalue weighted by Gasteiger charge is -1.99. The van der Waals surface area contributed by atoms with Crippen molar-refractivity contribution < 1.29 is 9.90 Å². The predicted octanol–water partition coefficient (Wildman–Crippen LogP) is 1.61. The Morgan fingerprint density at radius 2 is 2.13 bits per heavy atom. The van der Waals surface area contributed by atoms with E-state index in [1.807, 2.05) is 0 Å². The zero-order chi connectivity index (χ0) is 10.7. The van der Waals surface area contributed by atoms with E-state index in [1.165, 1.54) is 12.8 Å². The predicted molar refractivity (Wildman–Crippen MR) is 56.8 cm³/mol. The molecule has 5 heteroatoms. The first-order chi connectivity index (χ1) is 7.24. The van der Waals surface area contributed by atoms with Crippen LogP contribution < -0.4 is 0 Å². The number of aromatic nitrogens is 2. The molecule has 0 unspecified atom stereocenters. The summed E-state index contributed by atoms with van der Waals surface area (Å²) in [4.78, 5) is 18.7. The summed E-state index contributed by atoms with van der Waals surface area (Å²) in [5.74, 6) is 1.08. The summed E-state index contributed by atoms with van der Waals surface area (Å²) in [5, 5.41) is 9.31. The van der Waals surface area contributed by atoms with Gasteiger partial charge < -0.3 is 5.11 Å². The van der Waals surface area contributed by atoms with Crippen molar-refractivity contribution in [3.8, 4) is 0 Å². The lowest BCUT2D eigenvalue weighted by atomic mass is 10.2. The Morgan fingerprint density at radius 1 is 1.47 bits per heavy atom. The van der Waals surface area contributed by atoms with Crippen LogP contribution in [0.1, 0.15) is 18.4 Å². The monoisotopic (exact) mass is 224 g/mol. The molecule has 0 amide bonds. The summed E-state index contributed by atoms with van der Waals surface area (Å²) >= 11 is 1.65. The Labute approximate surface area is 92.1 Å². The highest BCUT2D eigenvalue weighted by atomic mass is 32.2. The van der Waals surface area contributed by atoms with Crippen LogP contribution in [-0.4, -0.2) is 26.8 Å². The molecule has 0 bridgehead atoms. The molecule has 1 aromatic rings. The normalized spacial score (nSPS) is 15.2. The first kappa shape index (κ1) is 10.4. The molecule has 1 aliphatic carbocycles. The molecular weight excluding hydrogens is 212 g/mol. The highest BCUT2D eigenvalue weighted by Gasteiger charge is 2.21. The van der Waals surface area contributed by atoms with E-state index in [-0.39, 0.29) is 6.42 Å². The molecule has 15 heavy (non-hydrogen) atoms. The molecule has 1 aromatic heterocycles. The molecule has 1 N–H and O–H groups in total. The highest BCUT2D eigenvalue weighted by molar-refractivity contribution is 7.99. The second-order valence-electron chi connectivity index (χ2n) is 3.70. The Hall–Kier alpha value is -1.10.